The Balaban J connectivity index is 0.000000178. The number of rotatable bonds is 6. The molecule has 0 radical (unpaired) electrons. The smallest absolute Gasteiger partial charge is 0.201 e. The van der Waals surface area contributed by atoms with Crippen LogP contribution in [0.2, 0.25) is 0 Å². The zero-order valence-corrected chi connectivity index (χ0v) is 58.6. The third kappa shape index (κ3) is 18.1. The van der Waals surface area contributed by atoms with Crippen LogP contribution in [-0.2, 0) is 42.3 Å². The fourth-order valence-electron chi connectivity index (χ4n) is 11.5. The second kappa shape index (κ2) is 33.2. The Kier molecular flexibility index (Phi) is 19.7. The minimum atomic E-state index is -2.11. The SMILES string of the molecule is Cc1cc(C)[n+](C)c(-c2ccccc2C)c1.Cc1ccccc1-c1c(C)ccc[n+]1C.[2H]C([2H])([2H])c1c(C)cc[n+](C)c1-c1ccccc1C.[2H]C([2H])([2H])c1c[n+](C)c(-c2ccccc2C)cc1C.[2H]C([2H])([2H])c1ccc(-c2cccc[n+]2C)c(C)c1.[2H]C([2H])([2H])c1ccc(-c2ccccc2C)[n+](C)c1C. The number of aromatic nitrogens is 6. The molecule has 0 unspecified atom stereocenters. The van der Waals surface area contributed by atoms with Crippen molar-refractivity contribution in [3.63, 3.8) is 0 Å². The van der Waals surface area contributed by atoms with E-state index in [-0.39, 0.29) is 0 Å². The van der Waals surface area contributed by atoms with Crippen LogP contribution in [-0.4, -0.2) is 0 Å². The van der Waals surface area contributed by atoms with E-state index < -0.39 is 27.4 Å². The third-order valence-electron chi connectivity index (χ3n) is 17.4. The second-order valence-electron chi connectivity index (χ2n) is 24.5. The summed E-state index contributed by atoms with van der Waals surface area (Å²) in [6.07, 6.45) is 7.69. The first kappa shape index (κ1) is 55.8. The summed E-state index contributed by atoms with van der Waals surface area (Å²) >= 11 is 0. The van der Waals surface area contributed by atoms with Crippen LogP contribution in [0.4, 0.5) is 0 Å². The molecule has 0 aliphatic carbocycles. The fraction of sp³-hybridized carbons (Fsp3) is 0.250. The van der Waals surface area contributed by atoms with Gasteiger partial charge in [0.2, 0.25) is 34.2 Å². The maximum atomic E-state index is 7.79. The highest BCUT2D eigenvalue weighted by atomic mass is 15.0. The maximum absolute atomic E-state index is 7.79. The maximum Gasteiger partial charge on any atom is 0.215 e. The molecule has 6 nitrogen and oxygen atoms in total. The molecule has 480 valence electrons. The molecule has 0 aliphatic rings. The van der Waals surface area contributed by atoms with Crippen molar-refractivity contribution in [1.82, 2.24) is 0 Å². The highest BCUT2D eigenvalue weighted by Crippen LogP contribution is 2.28. The number of benzene rings is 6. The van der Waals surface area contributed by atoms with Gasteiger partial charge in [0.05, 0.1) is 0 Å². The lowest BCUT2D eigenvalue weighted by molar-refractivity contribution is -0.667. The average Bonchev–Trinajstić information content (AvgIpc) is 0.769. The van der Waals surface area contributed by atoms with Gasteiger partial charge in [-0.15, -0.1) is 0 Å². The molecule has 0 N–H and O–H groups in total. The Hall–Kier alpha value is -9.78. The highest BCUT2D eigenvalue weighted by Gasteiger charge is 2.20. The standard InChI is InChI=1S/4C15H18N.2C14H16N/c1-11-9-13(3)16(4)15(10-11)14-8-6-5-7-12(14)2;1-11-7-5-6-8-14(11)15-9-12(2)13(3)10-16(15)4;1-11-9-10-16(4)15(13(11)3)14-8-6-5-7-12(14)2;1-11-9-10-15(16(4)13(11)3)14-8-6-5-7-12(14)2;1-11-7-4-5-9-13(11)14-12(2)8-6-10-15(14)3;1-11-7-8-13(12(2)10-11)14-6-4-5-9-15(14)3/h4*5-10H,1-4H3;2*4-10H,1-3H3/q6*+1/i;2*3D3;1D3;;1D3. The molecule has 12 rings (SSSR count). The van der Waals surface area contributed by atoms with Crippen molar-refractivity contribution in [1.29, 1.82) is 0 Å². The number of hydrogen-bond acceptors (Lipinski definition) is 0. The van der Waals surface area contributed by atoms with Gasteiger partial charge in [-0.25, -0.2) is 18.3 Å². The van der Waals surface area contributed by atoms with E-state index in [2.05, 4.69) is 175 Å². The fourth-order valence-corrected chi connectivity index (χ4v) is 11.5. The zero-order chi connectivity index (χ0) is 78.5. The summed E-state index contributed by atoms with van der Waals surface area (Å²) < 4.78 is 103. The lowest BCUT2D eigenvalue weighted by Crippen LogP contribution is -2.35. The predicted molar refractivity (Wildman–Crippen MR) is 394 cm³/mol. The Morgan fingerprint density at radius 3 is 1.27 bits per heavy atom. The summed E-state index contributed by atoms with van der Waals surface area (Å²) in [5.74, 6) is 0. The Bertz CT molecular complexity index is 4990. The molecule has 0 spiro atoms. The van der Waals surface area contributed by atoms with Gasteiger partial charge in [0.15, 0.2) is 36.2 Å². The Morgan fingerprint density at radius 2 is 0.745 bits per heavy atom. The molecule has 0 saturated carbocycles. The number of nitrogens with zero attached hydrogens (tertiary/aromatic N) is 6. The van der Waals surface area contributed by atoms with E-state index in [1.54, 1.807) is 24.4 Å². The van der Waals surface area contributed by atoms with Crippen LogP contribution in [0.25, 0.3) is 67.5 Å². The molecule has 0 aliphatic heterocycles. The second-order valence-corrected chi connectivity index (χ2v) is 24.5. The van der Waals surface area contributed by atoms with E-state index in [1.807, 2.05) is 184 Å². The van der Waals surface area contributed by atoms with Gasteiger partial charge in [0.1, 0.15) is 42.3 Å². The van der Waals surface area contributed by atoms with Crippen LogP contribution in [0.3, 0.4) is 0 Å². The van der Waals surface area contributed by atoms with Crippen molar-refractivity contribution in [2.24, 2.45) is 42.3 Å². The van der Waals surface area contributed by atoms with Gasteiger partial charge in [-0.2, -0.15) is 9.13 Å². The van der Waals surface area contributed by atoms with E-state index in [9.17, 15) is 0 Å². The molecule has 6 heteroatoms. The van der Waals surface area contributed by atoms with Gasteiger partial charge in [-0.05, 0) is 201 Å². The van der Waals surface area contributed by atoms with E-state index in [4.69, 9.17) is 16.4 Å². The molecule has 0 bridgehead atoms. The lowest BCUT2D eigenvalue weighted by atomic mass is 9.99. The van der Waals surface area contributed by atoms with Crippen LogP contribution in [0.5, 0.6) is 0 Å². The van der Waals surface area contributed by atoms with E-state index in [0.717, 1.165) is 73.0 Å². The first-order valence-corrected chi connectivity index (χ1v) is 31.9. The summed E-state index contributed by atoms with van der Waals surface area (Å²) in [4.78, 5) is 0. The molecule has 0 amide bonds. The zero-order valence-electron chi connectivity index (χ0n) is 70.6. The molecule has 0 saturated heterocycles. The molecule has 6 heterocycles. The molecule has 0 atom stereocenters. The average molecular weight is 1260 g/mol. The highest BCUT2D eigenvalue weighted by molar-refractivity contribution is 5.67. The van der Waals surface area contributed by atoms with Crippen LogP contribution < -0.4 is 27.4 Å². The number of hydrogen-bond donors (Lipinski definition) is 0. The number of pyridine rings is 6. The van der Waals surface area contributed by atoms with Gasteiger partial charge < -0.3 is 0 Å². The monoisotopic (exact) mass is 1260 g/mol. The first-order valence-electron chi connectivity index (χ1n) is 37.9. The van der Waals surface area contributed by atoms with Crippen molar-refractivity contribution in [2.45, 2.75) is 110 Å². The van der Waals surface area contributed by atoms with E-state index in [1.165, 1.54) is 61.6 Å². The predicted octanol–water partition coefficient (Wildman–Crippen LogP) is 18.0. The largest absolute Gasteiger partial charge is 0.215 e. The molecule has 12 aromatic rings. The van der Waals surface area contributed by atoms with Crippen LogP contribution >= 0.6 is 0 Å². The van der Waals surface area contributed by atoms with Gasteiger partial charge in [-0.1, -0.05) is 109 Å². The topological polar surface area (TPSA) is 23.3 Å². The van der Waals surface area contributed by atoms with Gasteiger partial charge in [-0.3, -0.25) is 0 Å². The Labute approximate surface area is 582 Å². The quantitative estimate of drug-likeness (QED) is 0.148. The van der Waals surface area contributed by atoms with Crippen LogP contribution in [0.15, 0.2) is 231 Å². The van der Waals surface area contributed by atoms with Crippen molar-refractivity contribution in [2.75, 3.05) is 0 Å². The molecule has 94 heavy (non-hydrogen) atoms. The van der Waals surface area contributed by atoms with Crippen molar-refractivity contribution < 1.29 is 43.9 Å². The van der Waals surface area contributed by atoms with Crippen molar-refractivity contribution in [3.8, 4) is 67.5 Å². The van der Waals surface area contributed by atoms with E-state index in [0.29, 0.717) is 22.3 Å². The van der Waals surface area contributed by atoms with Gasteiger partial charge in [0, 0.05) is 134 Å². The van der Waals surface area contributed by atoms with Crippen molar-refractivity contribution in [3.05, 3.63) is 320 Å². The van der Waals surface area contributed by atoms with Crippen molar-refractivity contribution >= 4 is 0 Å². The molecule has 6 aromatic heterocycles. The summed E-state index contributed by atoms with van der Waals surface area (Å²) in [5.41, 5.74) is 28.4. The molecular formula is C88H104N6+6. The summed E-state index contributed by atoms with van der Waals surface area (Å²) in [5, 5.41) is 0. The molecule has 6 aromatic carbocycles. The molecular weight excluding hydrogens is 1140 g/mol. The van der Waals surface area contributed by atoms with Crippen LogP contribution in [0, 0.1) is 110 Å². The van der Waals surface area contributed by atoms with Crippen LogP contribution in [0.1, 0.15) is 106 Å². The summed E-state index contributed by atoms with van der Waals surface area (Å²) in [6, 6.07) is 68.5. The van der Waals surface area contributed by atoms with Gasteiger partial charge in [0.25, 0.3) is 0 Å². The minimum absolute atomic E-state index is 0.391. The summed E-state index contributed by atoms with van der Waals surface area (Å²) in [6.45, 7) is 16.1. The number of aryl methyl sites for hydroxylation is 18. The molecule has 0 fully saturated rings. The summed E-state index contributed by atoms with van der Waals surface area (Å²) in [7, 11) is 11.9. The third-order valence-corrected chi connectivity index (χ3v) is 17.4. The van der Waals surface area contributed by atoms with E-state index >= 15 is 0 Å². The Morgan fingerprint density at radius 1 is 0.255 bits per heavy atom. The first-order chi connectivity index (χ1) is 49.6. The minimum Gasteiger partial charge on any atom is -0.201 e. The van der Waals surface area contributed by atoms with Gasteiger partial charge >= 0.3 is 0 Å². The normalized spacial score (nSPS) is 12.9. The lowest BCUT2D eigenvalue weighted by Gasteiger charge is -2.08.